The molecule has 26 heavy (non-hydrogen) atoms. The summed E-state index contributed by atoms with van der Waals surface area (Å²) in [5.41, 5.74) is 0.205. The number of likely N-dealkylation sites (N-methyl/N-ethyl adjacent to an activating group) is 1. The molecule has 5 rings (SSSR count). The highest BCUT2D eigenvalue weighted by atomic mass is 32.1. The van der Waals surface area contributed by atoms with Gasteiger partial charge in [-0.1, -0.05) is 12.1 Å². The van der Waals surface area contributed by atoms with Gasteiger partial charge in [-0.2, -0.15) is 4.37 Å². The van der Waals surface area contributed by atoms with Crippen molar-refractivity contribution in [2.45, 2.75) is 25.3 Å². The Bertz CT molecular complexity index is 829. The van der Waals surface area contributed by atoms with E-state index in [-0.39, 0.29) is 23.7 Å². The van der Waals surface area contributed by atoms with Crippen molar-refractivity contribution >= 4 is 34.0 Å². The summed E-state index contributed by atoms with van der Waals surface area (Å²) in [6.45, 7) is 5.29. The summed E-state index contributed by atoms with van der Waals surface area (Å²) in [6, 6.07) is 4.77. The number of quaternary nitrogens is 1. The van der Waals surface area contributed by atoms with Crippen molar-refractivity contribution in [1.82, 2.24) is 9.69 Å². The molecule has 0 radical (unpaired) electrons. The van der Waals surface area contributed by atoms with Crippen LogP contribution in [0.5, 0.6) is 5.75 Å². The van der Waals surface area contributed by atoms with E-state index < -0.39 is 0 Å². The van der Waals surface area contributed by atoms with E-state index in [1.807, 2.05) is 0 Å². The number of aromatic nitrogens is 1. The monoisotopic (exact) mass is 377 g/mol. The third kappa shape index (κ3) is 3.39. The second kappa shape index (κ2) is 6.85. The first-order valence-electron chi connectivity index (χ1n) is 8.61. The van der Waals surface area contributed by atoms with Gasteiger partial charge in [0.1, 0.15) is 12.2 Å². The molecule has 1 atom stereocenters. The largest absolute Gasteiger partial charge is 0.872 e. The molecule has 2 bridgehead atoms. The zero-order valence-electron chi connectivity index (χ0n) is 14.9. The third-order valence-electron chi connectivity index (χ3n) is 5.70. The van der Waals surface area contributed by atoms with E-state index in [2.05, 4.69) is 23.7 Å². The van der Waals surface area contributed by atoms with E-state index in [0.717, 1.165) is 28.6 Å². The summed E-state index contributed by atoms with van der Waals surface area (Å²) in [6.07, 6.45) is 2.33. The van der Waals surface area contributed by atoms with Crippen LogP contribution in [-0.2, 0) is 4.79 Å². The van der Waals surface area contributed by atoms with Gasteiger partial charge in [0.15, 0.2) is 0 Å². The van der Waals surface area contributed by atoms with Gasteiger partial charge in [0.2, 0.25) is 0 Å². The van der Waals surface area contributed by atoms with Crippen LogP contribution >= 0.6 is 11.5 Å². The van der Waals surface area contributed by atoms with Crippen LogP contribution in [0.25, 0.3) is 10.1 Å². The molecule has 2 aromatic rings. The Morgan fingerprint density at radius 2 is 2.12 bits per heavy atom. The van der Waals surface area contributed by atoms with Crippen LogP contribution in [0.2, 0.25) is 0 Å². The van der Waals surface area contributed by atoms with E-state index >= 15 is 0 Å². The number of carboxylic acid groups (broad SMARTS) is 1. The van der Waals surface area contributed by atoms with Gasteiger partial charge in [0.05, 0.1) is 30.4 Å². The molecule has 1 aromatic heterocycles. The molecule has 140 valence electrons. The second-order valence-corrected chi connectivity index (χ2v) is 8.47. The lowest BCUT2D eigenvalue weighted by Crippen LogP contribution is -2.71. The molecule has 1 amide bonds. The average molecular weight is 377 g/mol. The van der Waals surface area contributed by atoms with E-state index in [0.29, 0.717) is 17.0 Å². The zero-order chi connectivity index (χ0) is 18.9. The fourth-order valence-corrected chi connectivity index (χ4v) is 5.20. The molecular weight excluding hydrogens is 354 g/mol. The summed E-state index contributed by atoms with van der Waals surface area (Å²) in [7, 11) is 2.28. The lowest BCUT2D eigenvalue weighted by atomic mass is 9.72. The first kappa shape index (κ1) is 18.6. The van der Waals surface area contributed by atoms with Gasteiger partial charge in [-0.3, -0.25) is 9.59 Å². The molecule has 8 heteroatoms. The van der Waals surface area contributed by atoms with Crippen LogP contribution in [-0.4, -0.2) is 58.6 Å². The molecular formula is C18H23N3O4S. The number of hydrogen-bond acceptors (Lipinski definition) is 5. The Morgan fingerprint density at radius 1 is 1.46 bits per heavy atom. The number of carbonyl (C=O) groups is 2. The predicted octanol–water partition coefficient (Wildman–Crippen LogP) is 1.43. The summed E-state index contributed by atoms with van der Waals surface area (Å²) in [5.74, 6) is 0.301. The van der Waals surface area contributed by atoms with Gasteiger partial charge >= 0.3 is 0 Å². The fraction of sp³-hybridized carbons (Fsp3) is 0.500. The van der Waals surface area contributed by atoms with Crippen LogP contribution in [0, 0.1) is 5.92 Å². The highest BCUT2D eigenvalue weighted by Crippen LogP contribution is 2.39. The molecule has 1 unspecified atom stereocenters. The number of carbonyl (C=O) groups excluding carboxylic acids is 1. The predicted molar refractivity (Wildman–Crippen MR) is 97.1 cm³/mol. The van der Waals surface area contributed by atoms with Crippen LogP contribution in [0.15, 0.2) is 18.2 Å². The fourth-order valence-electron chi connectivity index (χ4n) is 4.45. The number of nitrogens with one attached hydrogen (secondary N) is 1. The minimum Gasteiger partial charge on any atom is -0.872 e. The molecule has 4 heterocycles. The molecule has 2 N–H and O–H groups in total. The van der Waals surface area contributed by atoms with Crippen molar-refractivity contribution < 1.29 is 24.3 Å². The molecule has 3 aliphatic rings. The molecule has 0 spiro atoms. The molecule has 3 fully saturated rings. The van der Waals surface area contributed by atoms with Crippen molar-refractivity contribution in [2.24, 2.45) is 5.92 Å². The Morgan fingerprint density at radius 3 is 2.73 bits per heavy atom. The van der Waals surface area contributed by atoms with E-state index in [4.69, 9.17) is 9.90 Å². The standard InChI is InChI=1S/C17H21N3O2S.CH2O2/c1-17(10-20(2)7-5-11(17)6-8-20)18-16(22)15-13-9-12(21)3-4-14(13)23-19-15;2-1-3/h3-4,9,11H,5-8,10H2,1-2H3,(H-,18,21,22);1H,(H,2,3). The second-order valence-electron chi connectivity index (χ2n) is 7.67. The minimum absolute atomic E-state index is 0.0844. The summed E-state index contributed by atoms with van der Waals surface area (Å²) in [5, 5.41) is 22.4. The highest BCUT2D eigenvalue weighted by molar-refractivity contribution is 7.13. The van der Waals surface area contributed by atoms with Gasteiger partial charge in [-0.25, -0.2) is 0 Å². The summed E-state index contributed by atoms with van der Waals surface area (Å²) in [4.78, 5) is 21.2. The molecule has 3 saturated heterocycles. The van der Waals surface area contributed by atoms with Crippen molar-refractivity contribution in [2.75, 3.05) is 26.7 Å². The normalized spacial score (nSPS) is 29.7. The van der Waals surface area contributed by atoms with Crippen molar-refractivity contribution in [3.8, 4) is 5.75 Å². The van der Waals surface area contributed by atoms with Gasteiger partial charge in [-0.15, -0.1) is 5.75 Å². The van der Waals surface area contributed by atoms with Crippen LogP contribution in [0.4, 0.5) is 0 Å². The molecule has 3 aliphatic heterocycles. The smallest absolute Gasteiger partial charge is 0.290 e. The van der Waals surface area contributed by atoms with Gasteiger partial charge in [-0.05, 0) is 30.4 Å². The number of amides is 1. The summed E-state index contributed by atoms with van der Waals surface area (Å²) < 4.78 is 6.22. The Labute approximate surface area is 156 Å². The Hall–Kier alpha value is -2.19. The van der Waals surface area contributed by atoms with Crippen molar-refractivity contribution in [3.63, 3.8) is 0 Å². The molecule has 0 aliphatic carbocycles. The van der Waals surface area contributed by atoms with Gasteiger partial charge in [0.25, 0.3) is 12.4 Å². The van der Waals surface area contributed by atoms with E-state index in [1.165, 1.54) is 36.8 Å². The third-order valence-corrected chi connectivity index (χ3v) is 6.53. The van der Waals surface area contributed by atoms with Crippen molar-refractivity contribution in [3.05, 3.63) is 23.9 Å². The quantitative estimate of drug-likeness (QED) is 0.609. The number of nitrogens with zero attached hydrogens (tertiary/aromatic N) is 2. The summed E-state index contributed by atoms with van der Waals surface area (Å²) >= 11 is 1.27. The van der Waals surface area contributed by atoms with Crippen LogP contribution in [0.1, 0.15) is 30.3 Å². The van der Waals surface area contributed by atoms with Gasteiger partial charge in [0, 0.05) is 18.2 Å². The Balaban J connectivity index is 0.000000613. The highest BCUT2D eigenvalue weighted by Gasteiger charge is 2.51. The lowest BCUT2D eigenvalue weighted by Gasteiger charge is -2.55. The molecule has 0 saturated carbocycles. The van der Waals surface area contributed by atoms with E-state index in [1.54, 1.807) is 6.07 Å². The Kier molecular flexibility index (Phi) is 4.90. The van der Waals surface area contributed by atoms with Crippen molar-refractivity contribution in [1.29, 1.82) is 0 Å². The average Bonchev–Trinajstić information content (AvgIpc) is 2.98. The minimum atomic E-state index is -0.250. The number of rotatable bonds is 2. The van der Waals surface area contributed by atoms with Gasteiger partial charge < -0.3 is 20.0 Å². The molecule has 7 nitrogen and oxygen atoms in total. The van der Waals surface area contributed by atoms with Crippen LogP contribution < -0.4 is 10.4 Å². The first-order valence-corrected chi connectivity index (χ1v) is 9.38. The first-order chi connectivity index (χ1) is 12.3. The number of hydrogen-bond donors (Lipinski definition) is 2. The molecule has 1 aromatic carbocycles. The number of benzene rings is 1. The lowest BCUT2D eigenvalue weighted by molar-refractivity contribution is -0.929. The topological polar surface area (TPSA) is 102 Å². The maximum Gasteiger partial charge on any atom is 0.290 e. The number of fused-ring (bicyclic) bond motifs is 4. The maximum atomic E-state index is 12.8. The number of piperidine rings is 3. The SMILES string of the molecule is CC1(NC(=O)c2nsc3ccc([O-])cc23)C[N+]2(C)CCC1CC2.O=CO. The van der Waals surface area contributed by atoms with E-state index in [9.17, 15) is 9.90 Å². The van der Waals surface area contributed by atoms with Crippen LogP contribution in [0.3, 0.4) is 0 Å². The zero-order valence-corrected chi connectivity index (χ0v) is 15.7. The maximum absolute atomic E-state index is 12.8.